The zero-order chi connectivity index (χ0) is 12.3. The predicted molar refractivity (Wildman–Crippen MR) is 68.3 cm³/mol. The molecule has 90 valence electrons. The van der Waals surface area contributed by atoms with Crippen molar-refractivity contribution in [1.82, 2.24) is 4.98 Å². The van der Waals surface area contributed by atoms with Gasteiger partial charge in [0.15, 0.2) is 0 Å². The fraction of sp³-hybridized carbons (Fsp3) is 0.308. The van der Waals surface area contributed by atoms with E-state index >= 15 is 0 Å². The van der Waals surface area contributed by atoms with Crippen LogP contribution in [0.4, 0.5) is 0 Å². The predicted octanol–water partition coefficient (Wildman–Crippen LogP) is 3.32. The van der Waals surface area contributed by atoms with E-state index in [2.05, 4.69) is 4.98 Å². The molecule has 0 aliphatic carbocycles. The van der Waals surface area contributed by atoms with Crippen LogP contribution in [0, 0.1) is 0 Å². The molecule has 1 aromatic heterocycles. The molecule has 2 rings (SSSR count). The molecule has 2 aromatic rings. The molecule has 0 radical (unpaired) electrons. The summed E-state index contributed by atoms with van der Waals surface area (Å²) in [5.74, 6) is -0.192. The molecule has 0 bridgehead atoms. The van der Waals surface area contributed by atoms with Crippen molar-refractivity contribution < 1.29 is 9.53 Å². The number of fused-ring (bicyclic) bond motifs is 1. The molecule has 0 saturated heterocycles. The van der Waals surface area contributed by atoms with Crippen LogP contribution in [0.1, 0.15) is 18.9 Å². The topological polar surface area (TPSA) is 42.1 Å². The Balaban J connectivity index is 2.16. The van der Waals surface area contributed by atoms with Crippen molar-refractivity contribution >= 4 is 28.5 Å². The van der Waals surface area contributed by atoms with Crippen molar-refractivity contribution in [1.29, 1.82) is 0 Å². The van der Waals surface area contributed by atoms with E-state index in [-0.39, 0.29) is 5.97 Å². The van der Waals surface area contributed by atoms with E-state index in [9.17, 15) is 4.79 Å². The molecule has 3 nitrogen and oxygen atoms in total. The number of H-pyrrole nitrogens is 1. The van der Waals surface area contributed by atoms with E-state index in [4.69, 9.17) is 16.3 Å². The number of benzene rings is 1. The summed E-state index contributed by atoms with van der Waals surface area (Å²) in [6.07, 6.45) is 2.96. The van der Waals surface area contributed by atoms with Crippen molar-refractivity contribution in [2.24, 2.45) is 0 Å². The minimum atomic E-state index is -0.192. The average molecular weight is 252 g/mol. The van der Waals surface area contributed by atoms with Gasteiger partial charge in [0, 0.05) is 22.1 Å². The average Bonchev–Trinajstić information content (AvgIpc) is 2.69. The van der Waals surface area contributed by atoms with E-state index in [1.54, 1.807) is 0 Å². The summed E-state index contributed by atoms with van der Waals surface area (Å²) in [7, 11) is 0. The number of esters is 1. The maximum Gasteiger partial charge on any atom is 0.310 e. The van der Waals surface area contributed by atoms with Crippen LogP contribution in [0.2, 0.25) is 5.02 Å². The van der Waals surface area contributed by atoms with E-state index in [1.165, 1.54) is 0 Å². The smallest absolute Gasteiger partial charge is 0.310 e. The van der Waals surface area contributed by atoms with E-state index in [1.807, 2.05) is 31.3 Å². The van der Waals surface area contributed by atoms with Gasteiger partial charge in [-0.1, -0.05) is 24.6 Å². The first-order valence-corrected chi connectivity index (χ1v) is 5.99. The minimum Gasteiger partial charge on any atom is -0.465 e. The molecule has 0 saturated carbocycles. The van der Waals surface area contributed by atoms with Crippen molar-refractivity contribution in [3.8, 4) is 0 Å². The van der Waals surface area contributed by atoms with Gasteiger partial charge in [0.25, 0.3) is 0 Å². The fourth-order valence-electron chi connectivity index (χ4n) is 1.73. The summed E-state index contributed by atoms with van der Waals surface area (Å²) in [5.41, 5.74) is 1.88. The molecule has 1 N–H and O–H groups in total. The quantitative estimate of drug-likeness (QED) is 0.847. The number of carbonyl (C=O) groups excluding carboxylic acids is 1. The number of ether oxygens (including phenoxy) is 1. The molecule has 0 unspecified atom stereocenters. The number of hydrogen-bond donors (Lipinski definition) is 1. The maximum atomic E-state index is 11.5. The second-order valence-corrected chi connectivity index (χ2v) is 4.34. The zero-order valence-electron chi connectivity index (χ0n) is 9.63. The number of nitrogens with one attached hydrogen (secondary N) is 1. The molecule has 17 heavy (non-hydrogen) atoms. The zero-order valence-corrected chi connectivity index (χ0v) is 10.4. The third-order valence-corrected chi connectivity index (χ3v) is 2.77. The van der Waals surface area contributed by atoms with Gasteiger partial charge in [-0.2, -0.15) is 0 Å². The molecular formula is C13H14ClNO2. The Morgan fingerprint density at radius 2 is 2.29 bits per heavy atom. The first-order valence-electron chi connectivity index (χ1n) is 5.62. The van der Waals surface area contributed by atoms with Crippen LogP contribution in [0.25, 0.3) is 10.9 Å². The lowest BCUT2D eigenvalue weighted by atomic mass is 10.1. The lowest BCUT2D eigenvalue weighted by molar-refractivity contribution is -0.142. The molecule has 0 fully saturated rings. The lowest BCUT2D eigenvalue weighted by Crippen LogP contribution is -2.08. The number of aromatic nitrogens is 1. The van der Waals surface area contributed by atoms with Gasteiger partial charge in [0.2, 0.25) is 0 Å². The summed E-state index contributed by atoms with van der Waals surface area (Å²) >= 11 is 5.89. The van der Waals surface area contributed by atoms with Crippen molar-refractivity contribution in [3.63, 3.8) is 0 Å². The van der Waals surface area contributed by atoms with Gasteiger partial charge in [-0.3, -0.25) is 4.79 Å². The van der Waals surface area contributed by atoms with Crippen LogP contribution in [-0.2, 0) is 16.0 Å². The highest BCUT2D eigenvalue weighted by molar-refractivity contribution is 6.31. The first-order chi connectivity index (χ1) is 8.20. The van der Waals surface area contributed by atoms with Gasteiger partial charge in [-0.05, 0) is 24.1 Å². The minimum absolute atomic E-state index is 0.192. The van der Waals surface area contributed by atoms with Gasteiger partial charge >= 0.3 is 5.97 Å². The van der Waals surface area contributed by atoms with E-state index in [0.717, 1.165) is 22.9 Å². The van der Waals surface area contributed by atoms with Crippen molar-refractivity contribution in [2.45, 2.75) is 19.8 Å². The Morgan fingerprint density at radius 3 is 3.06 bits per heavy atom. The number of carbonyl (C=O) groups is 1. The molecule has 0 amide bonds. The number of halogens is 1. The lowest BCUT2D eigenvalue weighted by Gasteiger charge is -2.02. The Labute approximate surface area is 105 Å². The Kier molecular flexibility index (Phi) is 3.69. The molecule has 1 aromatic carbocycles. The van der Waals surface area contributed by atoms with Gasteiger partial charge in [0.05, 0.1) is 13.0 Å². The monoisotopic (exact) mass is 251 g/mol. The second-order valence-electron chi connectivity index (χ2n) is 3.90. The van der Waals surface area contributed by atoms with Crippen LogP contribution in [0.5, 0.6) is 0 Å². The van der Waals surface area contributed by atoms with Crippen LogP contribution in [-0.4, -0.2) is 17.6 Å². The SMILES string of the molecule is CCCOC(=O)Cc1c[nH]c2cc(Cl)ccc12. The summed E-state index contributed by atoms with van der Waals surface area (Å²) < 4.78 is 5.06. The van der Waals surface area contributed by atoms with Crippen LogP contribution in [0.15, 0.2) is 24.4 Å². The molecule has 0 aliphatic heterocycles. The Morgan fingerprint density at radius 1 is 1.47 bits per heavy atom. The van der Waals surface area contributed by atoms with E-state index in [0.29, 0.717) is 18.1 Å². The third-order valence-electron chi connectivity index (χ3n) is 2.53. The highest BCUT2D eigenvalue weighted by Gasteiger charge is 2.09. The highest BCUT2D eigenvalue weighted by atomic mass is 35.5. The molecule has 4 heteroatoms. The molecular weight excluding hydrogens is 238 g/mol. The fourth-order valence-corrected chi connectivity index (χ4v) is 1.90. The number of rotatable bonds is 4. The summed E-state index contributed by atoms with van der Waals surface area (Å²) in [5, 5.41) is 1.70. The van der Waals surface area contributed by atoms with Crippen LogP contribution >= 0.6 is 11.6 Å². The largest absolute Gasteiger partial charge is 0.465 e. The Hall–Kier alpha value is -1.48. The van der Waals surface area contributed by atoms with Crippen molar-refractivity contribution in [3.05, 3.63) is 35.0 Å². The van der Waals surface area contributed by atoms with Gasteiger partial charge in [0.1, 0.15) is 0 Å². The van der Waals surface area contributed by atoms with Gasteiger partial charge in [-0.15, -0.1) is 0 Å². The Bertz CT molecular complexity index is 533. The highest BCUT2D eigenvalue weighted by Crippen LogP contribution is 2.22. The molecule has 0 spiro atoms. The summed E-state index contributed by atoms with van der Waals surface area (Å²) in [4.78, 5) is 14.6. The summed E-state index contributed by atoms with van der Waals surface area (Å²) in [6, 6.07) is 5.58. The maximum absolute atomic E-state index is 11.5. The molecule has 1 heterocycles. The number of aromatic amines is 1. The van der Waals surface area contributed by atoms with Gasteiger partial charge in [-0.25, -0.2) is 0 Å². The third kappa shape index (κ3) is 2.80. The second kappa shape index (κ2) is 5.23. The number of hydrogen-bond acceptors (Lipinski definition) is 2. The standard InChI is InChI=1S/C13H14ClNO2/c1-2-5-17-13(16)6-9-8-15-12-7-10(14)3-4-11(9)12/h3-4,7-8,15H,2,5-6H2,1H3. The summed E-state index contributed by atoms with van der Waals surface area (Å²) in [6.45, 7) is 2.45. The van der Waals surface area contributed by atoms with Crippen LogP contribution < -0.4 is 0 Å². The van der Waals surface area contributed by atoms with Crippen molar-refractivity contribution in [2.75, 3.05) is 6.61 Å². The van der Waals surface area contributed by atoms with Crippen LogP contribution in [0.3, 0.4) is 0 Å². The van der Waals surface area contributed by atoms with Gasteiger partial charge < -0.3 is 9.72 Å². The normalized spacial score (nSPS) is 10.7. The van der Waals surface area contributed by atoms with E-state index < -0.39 is 0 Å². The first kappa shape index (κ1) is 12.0. The molecule has 0 atom stereocenters. The molecule has 0 aliphatic rings.